The number of para-hydroxylation sites is 1. The standard InChI is InChI=1S/C27H25N3O2/c1-32-14-13-29-24-10-6-5-9-22(24)27(26(29)31)16-23(27)20-11-12-21-17-28-30(25(21)15-20)18-19-7-3-2-4-8-19/h2-12,15,17,23H,13-14,16,18H2,1H3/t23?,27-/m0/s1. The second kappa shape index (κ2) is 7.31. The molecular weight excluding hydrogens is 398 g/mol. The molecule has 1 spiro atoms. The van der Waals surface area contributed by atoms with E-state index in [9.17, 15) is 4.79 Å². The van der Waals surface area contributed by atoms with E-state index in [1.165, 1.54) is 11.1 Å². The van der Waals surface area contributed by atoms with Gasteiger partial charge in [0, 0.05) is 30.6 Å². The van der Waals surface area contributed by atoms with Crippen molar-refractivity contribution in [3.63, 3.8) is 0 Å². The van der Waals surface area contributed by atoms with Crippen molar-refractivity contribution in [1.29, 1.82) is 0 Å². The highest BCUT2D eigenvalue weighted by molar-refractivity contribution is 6.11. The SMILES string of the molecule is COCCN1C(=O)[C@@]2(CC2c2ccc3cnn(Cc4ccccc4)c3c2)c2ccccc21. The topological polar surface area (TPSA) is 47.4 Å². The molecule has 1 fully saturated rings. The number of fused-ring (bicyclic) bond motifs is 3. The van der Waals surface area contributed by atoms with Gasteiger partial charge in [0.05, 0.1) is 30.3 Å². The third-order valence-electron chi connectivity index (χ3n) is 7.03. The third-order valence-corrected chi connectivity index (χ3v) is 7.03. The number of methoxy groups -OCH3 is 1. The van der Waals surface area contributed by atoms with Crippen LogP contribution in [0.3, 0.4) is 0 Å². The lowest BCUT2D eigenvalue weighted by molar-refractivity contribution is -0.120. The fourth-order valence-electron chi connectivity index (χ4n) is 5.34. The van der Waals surface area contributed by atoms with Crippen molar-refractivity contribution in [1.82, 2.24) is 9.78 Å². The molecule has 1 saturated carbocycles. The molecule has 32 heavy (non-hydrogen) atoms. The van der Waals surface area contributed by atoms with E-state index in [4.69, 9.17) is 4.74 Å². The Bertz CT molecular complexity index is 1310. The number of carbonyl (C=O) groups is 1. The molecule has 0 N–H and O–H groups in total. The van der Waals surface area contributed by atoms with Crippen LogP contribution in [0.2, 0.25) is 0 Å². The van der Waals surface area contributed by atoms with E-state index >= 15 is 0 Å². The highest BCUT2D eigenvalue weighted by atomic mass is 16.5. The molecular formula is C27H25N3O2. The maximum Gasteiger partial charge on any atom is 0.238 e. The maximum atomic E-state index is 13.6. The molecule has 4 aromatic rings. The molecule has 5 heteroatoms. The van der Waals surface area contributed by atoms with Gasteiger partial charge in [0.25, 0.3) is 0 Å². The Morgan fingerprint density at radius 2 is 1.88 bits per heavy atom. The second-order valence-corrected chi connectivity index (χ2v) is 8.80. The Hall–Kier alpha value is -3.44. The van der Waals surface area contributed by atoms with Gasteiger partial charge in [-0.1, -0.05) is 60.7 Å². The van der Waals surface area contributed by atoms with Gasteiger partial charge in [-0.05, 0) is 35.2 Å². The summed E-state index contributed by atoms with van der Waals surface area (Å²) in [5, 5.41) is 5.75. The van der Waals surface area contributed by atoms with Crippen LogP contribution in [0.25, 0.3) is 10.9 Å². The van der Waals surface area contributed by atoms with Crippen LogP contribution >= 0.6 is 0 Å². The molecule has 2 heterocycles. The molecule has 1 aromatic heterocycles. The summed E-state index contributed by atoms with van der Waals surface area (Å²) in [7, 11) is 1.68. The van der Waals surface area contributed by atoms with Gasteiger partial charge in [0.1, 0.15) is 0 Å². The van der Waals surface area contributed by atoms with Crippen LogP contribution in [-0.2, 0) is 21.5 Å². The first-order chi connectivity index (χ1) is 15.7. The number of amides is 1. The lowest BCUT2D eigenvalue weighted by atomic mass is 9.92. The number of hydrogen-bond acceptors (Lipinski definition) is 3. The molecule has 0 bridgehead atoms. The normalized spacial score (nSPS) is 21.5. The van der Waals surface area contributed by atoms with E-state index < -0.39 is 5.41 Å². The number of carbonyl (C=O) groups excluding carboxylic acids is 1. The van der Waals surface area contributed by atoms with Crippen molar-refractivity contribution in [3.8, 4) is 0 Å². The van der Waals surface area contributed by atoms with Crippen molar-refractivity contribution in [2.24, 2.45) is 0 Å². The average molecular weight is 424 g/mol. The van der Waals surface area contributed by atoms with E-state index in [0.29, 0.717) is 13.2 Å². The number of benzene rings is 3. The lowest BCUT2D eigenvalue weighted by Crippen LogP contribution is -2.35. The predicted molar refractivity (Wildman–Crippen MR) is 125 cm³/mol. The number of anilines is 1. The lowest BCUT2D eigenvalue weighted by Gasteiger charge is -2.17. The minimum Gasteiger partial charge on any atom is -0.383 e. The third kappa shape index (κ3) is 2.81. The summed E-state index contributed by atoms with van der Waals surface area (Å²) in [6.07, 6.45) is 2.78. The average Bonchev–Trinajstić information content (AvgIpc) is 3.40. The summed E-state index contributed by atoms with van der Waals surface area (Å²) in [4.78, 5) is 15.5. The Morgan fingerprint density at radius 1 is 1.06 bits per heavy atom. The molecule has 1 aliphatic heterocycles. The summed E-state index contributed by atoms with van der Waals surface area (Å²) < 4.78 is 7.32. The molecule has 1 unspecified atom stereocenters. The van der Waals surface area contributed by atoms with Crippen molar-refractivity contribution in [3.05, 3.63) is 95.7 Å². The fourth-order valence-corrected chi connectivity index (χ4v) is 5.34. The number of hydrogen-bond donors (Lipinski definition) is 0. The zero-order valence-corrected chi connectivity index (χ0v) is 18.1. The number of aromatic nitrogens is 2. The molecule has 2 atom stereocenters. The van der Waals surface area contributed by atoms with Gasteiger partial charge in [-0.15, -0.1) is 0 Å². The van der Waals surface area contributed by atoms with E-state index in [2.05, 4.69) is 64.4 Å². The predicted octanol–water partition coefficient (Wildman–Crippen LogP) is 4.50. The molecule has 0 radical (unpaired) electrons. The minimum atomic E-state index is -0.442. The van der Waals surface area contributed by atoms with Crippen molar-refractivity contribution >= 4 is 22.5 Å². The fraction of sp³-hybridized carbons (Fsp3) is 0.259. The zero-order valence-electron chi connectivity index (χ0n) is 18.1. The van der Waals surface area contributed by atoms with Gasteiger partial charge in [-0.3, -0.25) is 9.48 Å². The molecule has 160 valence electrons. The van der Waals surface area contributed by atoms with Crippen molar-refractivity contribution in [2.45, 2.75) is 24.3 Å². The monoisotopic (exact) mass is 423 g/mol. The van der Waals surface area contributed by atoms with Gasteiger partial charge < -0.3 is 9.64 Å². The number of nitrogens with zero attached hydrogens (tertiary/aromatic N) is 3. The molecule has 2 aliphatic rings. The Kier molecular flexibility index (Phi) is 4.40. The molecule has 3 aromatic carbocycles. The van der Waals surface area contributed by atoms with E-state index in [0.717, 1.165) is 35.1 Å². The smallest absolute Gasteiger partial charge is 0.238 e. The molecule has 5 nitrogen and oxygen atoms in total. The highest BCUT2D eigenvalue weighted by Crippen LogP contribution is 2.66. The summed E-state index contributed by atoms with van der Waals surface area (Å²) >= 11 is 0. The summed E-state index contributed by atoms with van der Waals surface area (Å²) in [6, 6.07) is 25.2. The Balaban J connectivity index is 1.36. The minimum absolute atomic E-state index is 0.188. The number of ether oxygens (including phenoxy) is 1. The summed E-state index contributed by atoms with van der Waals surface area (Å²) in [5.74, 6) is 0.395. The van der Waals surface area contributed by atoms with Gasteiger partial charge >= 0.3 is 0 Å². The van der Waals surface area contributed by atoms with Crippen molar-refractivity contribution < 1.29 is 9.53 Å². The van der Waals surface area contributed by atoms with E-state index in [1.54, 1.807) is 7.11 Å². The van der Waals surface area contributed by atoms with Gasteiger partial charge in [-0.25, -0.2) is 0 Å². The summed E-state index contributed by atoms with van der Waals surface area (Å²) in [6.45, 7) is 1.85. The highest BCUT2D eigenvalue weighted by Gasteiger charge is 2.67. The molecule has 1 aliphatic carbocycles. The summed E-state index contributed by atoms with van der Waals surface area (Å²) in [5.41, 5.74) is 5.30. The van der Waals surface area contributed by atoms with Crippen LogP contribution in [0.5, 0.6) is 0 Å². The Morgan fingerprint density at radius 3 is 2.72 bits per heavy atom. The van der Waals surface area contributed by atoms with Gasteiger partial charge in [0.2, 0.25) is 5.91 Å². The molecule has 1 amide bonds. The first-order valence-corrected chi connectivity index (χ1v) is 11.1. The molecule has 6 rings (SSSR count). The zero-order chi connectivity index (χ0) is 21.7. The maximum absolute atomic E-state index is 13.6. The van der Waals surface area contributed by atoms with Crippen LogP contribution in [0, 0.1) is 0 Å². The second-order valence-electron chi connectivity index (χ2n) is 8.80. The van der Waals surface area contributed by atoms with Crippen molar-refractivity contribution in [2.75, 3.05) is 25.2 Å². The largest absolute Gasteiger partial charge is 0.383 e. The van der Waals surface area contributed by atoms with Crippen LogP contribution in [0.15, 0.2) is 79.0 Å². The van der Waals surface area contributed by atoms with E-state index in [1.807, 2.05) is 29.3 Å². The van der Waals surface area contributed by atoms with Crippen LogP contribution in [-0.4, -0.2) is 35.9 Å². The van der Waals surface area contributed by atoms with Crippen LogP contribution in [0.4, 0.5) is 5.69 Å². The molecule has 0 saturated heterocycles. The van der Waals surface area contributed by atoms with Gasteiger partial charge in [-0.2, -0.15) is 5.10 Å². The van der Waals surface area contributed by atoms with Crippen LogP contribution in [0.1, 0.15) is 29.0 Å². The Labute approximate surface area is 187 Å². The van der Waals surface area contributed by atoms with E-state index in [-0.39, 0.29) is 11.8 Å². The quantitative estimate of drug-likeness (QED) is 0.459. The number of rotatable bonds is 6. The van der Waals surface area contributed by atoms with Crippen LogP contribution < -0.4 is 4.90 Å². The first-order valence-electron chi connectivity index (χ1n) is 11.1. The van der Waals surface area contributed by atoms with Gasteiger partial charge in [0.15, 0.2) is 0 Å². The first kappa shape index (κ1) is 19.3.